The van der Waals surface area contributed by atoms with Crippen molar-refractivity contribution >= 4 is 31.9 Å². The zero-order valence-electron chi connectivity index (χ0n) is 8.66. The second-order valence-corrected chi connectivity index (χ2v) is 5.40. The number of furan rings is 1. The lowest BCUT2D eigenvalue weighted by Crippen LogP contribution is -2.01. The number of hydrogen-bond acceptors (Lipinski definition) is 2. The van der Waals surface area contributed by atoms with Crippen molar-refractivity contribution in [2.75, 3.05) is 0 Å². The summed E-state index contributed by atoms with van der Waals surface area (Å²) in [6, 6.07) is 6.24. The van der Waals surface area contributed by atoms with Crippen molar-refractivity contribution in [1.29, 1.82) is 0 Å². The first-order chi connectivity index (χ1) is 8.06. The Labute approximate surface area is 115 Å². The second-order valence-electron chi connectivity index (χ2n) is 3.63. The van der Waals surface area contributed by atoms with Crippen molar-refractivity contribution in [3.8, 4) is 0 Å². The highest BCUT2D eigenvalue weighted by Gasteiger charge is 2.16. The second kappa shape index (κ2) is 5.33. The van der Waals surface area contributed by atoms with E-state index in [1.807, 2.05) is 0 Å². The van der Waals surface area contributed by atoms with Gasteiger partial charge in [0.2, 0.25) is 0 Å². The van der Waals surface area contributed by atoms with Crippen molar-refractivity contribution < 1.29 is 13.9 Å². The molecule has 17 heavy (non-hydrogen) atoms. The third-order valence-electron chi connectivity index (χ3n) is 2.30. The molecular weight excluding hydrogens is 355 g/mol. The fraction of sp³-hybridized carbons (Fsp3) is 0.167. The van der Waals surface area contributed by atoms with E-state index in [0.29, 0.717) is 26.7 Å². The molecule has 2 aromatic rings. The van der Waals surface area contributed by atoms with Crippen LogP contribution >= 0.6 is 31.9 Å². The lowest BCUT2D eigenvalue weighted by Gasteiger charge is -2.09. The molecule has 0 aliphatic carbocycles. The van der Waals surface area contributed by atoms with E-state index in [1.165, 1.54) is 18.4 Å². The molecule has 0 aliphatic rings. The maximum atomic E-state index is 13.2. The van der Waals surface area contributed by atoms with E-state index in [0.717, 1.165) is 0 Å². The van der Waals surface area contributed by atoms with Crippen molar-refractivity contribution in [1.82, 2.24) is 0 Å². The summed E-state index contributed by atoms with van der Waals surface area (Å²) in [5.41, 5.74) is 0.702. The van der Waals surface area contributed by atoms with Gasteiger partial charge in [-0.15, -0.1) is 0 Å². The number of halogens is 3. The van der Waals surface area contributed by atoms with Gasteiger partial charge in [-0.05, 0) is 45.8 Å². The van der Waals surface area contributed by atoms with Gasteiger partial charge in [0, 0.05) is 10.9 Å². The smallest absolute Gasteiger partial charge is 0.146 e. The van der Waals surface area contributed by atoms with Gasteiger partial charge in [0.05, 0.1) is 10.7 Å². The maximum Gasteiger partial charge on any atom is 0.146 e. The Bertz CT molecular complexity index is 505. The predicted molar refractivity (Wildman–Crippen MR) is 69.2 cm³/mol. The summed E-state index contributed by atoms with van der Waals surface area (Å²) in [7, 11) is 0. The fourth-order valence-electron chi connectivity index (χ4n) is 1.59. The maximum absolute atomic E-state index is 13.2. The number of benzene rings is 1. The minimum atomic E-state index is -0.798. The molecule has 90 valence electrons. The van der Waals surface area contributed by atoms with Gasteiger partial charge in [-0.2, -0.15) is 0 Å². The van der Waals surface area contributed by atoms with E-state index in [2.05, 4.69) is 31.9 Å². The van der Waals surface area contributed by atoms with Gasteiger partial charge in [0.1, 0.15) is 17.7 Å². The van der Waals surface area contributed by atoms with Crippen LogP contribution in [0.2, 0.25) is 0 Å². The molecule has 0 saturated carbocycles. The van der Waals surface area contributed by atoms with Crippen LogP contribution in [0.4, 0.5) is 4.39 Å². The Hall–Kier alpha value is -0.650. The summed E-state index contributed by atoms with van der Waals surface area (Å²) >= 11 is 6.48. The molecule has 0 saturated heterocycles. The molecule has 1 aromatic carbocycles. The van der Waals surface area contributed by atoms with Crippen LogP contribution in [-0.4, -0.2) is 5.11 Å². The van der Waals surface area contributed by atoms with Crippen LogP contribution in [0.15, 0.2) is 43.9 Å². The Morgan fingerprint density at radius 3 is 2.65 bits per heavy atom. The molecule has 1 aromatic heterocycles. The fourth-order valence-corrected chi connectivity index (χ4v) is 2.57. The first-order valence-electron chi connectivity index (χ1n) is 4.92. The molecule has 1 heterocycles. The Balaban J connectivity index is 2.18. The summed E-state index contributed by atoms with van der Waals surface area (Å²) in [6.45, 7) is 0. The quantitative estimate of drug-likeness (QED) is 0.885. The van der Waals surface area contributed by atoms with Gasteiger partial charge in [-0.1, -0.05) is 15.9 Å². The molecule has 0 aliphatic heterocycles. The van der Waals surface area contributed by atoms with Crippen LogP contribution in [0.3, 0.4) is 0 Å². The van der Waals surface area contributed by atoms with E-state index in [9.17, 15) is 9.50 Å². The van der Waals surface area contributed by atoms with Gasteiger partial charge < -0.3 is 9.52 Å². The van der Waals surface area contributed by atoms with Crippen molar-refractivity contribution in [2.45, 2.75) is 12.5 Å². The molecule has 0 spiro atoms. The largest absolute Gasteiger partial charge is 0.465 e. The standard InChI is InChI=1S/C12H9Br2FO2/c13-8-3-7(4-9(15)6-8)5-11(16)12-10(14)1-2-17-12/h1-4,6,11,16H,5H2. The number of aliphatic hydroxyl groups is 1. The topological polar surface area (TPSA) is 33.4 Å². The number of rotatable bonds is 3. The first-order valence-corrected chi connectivity index (χ1v) is 6.51. The molecule has 2 rings (SSSR count). The highest BCUT2D eigenvalue weighted by molar-refractivity contribution is 9.10. The lowest BCUT2D eigenvalue weighted by atomic mass is 10.1. The van der Waals surface area contributed by atoms with Crippen LogP contribution in [0, 0.1) is 5.82 Å². The summed E-state index contributed by atoms with van der Waals surface area (Å²) < 4.78 is 19.7. The zero-order valence-corrected chi connectivity index (χ0v) is 11.8. The van der Waals surface area contributed by atoms with E-state index >= 15 is 0 Å². The Kier molecular flexibility index (Phi) is 4.01. The minimum Gasteiger partial charge on any atom is -0.465 e. The summed E-state index contributed by atoms with van der Waals surface area (Å²) in [4.78, 5) is 0. The van der Waals surface area contributed by atoms with Crippen LogP contribution in [0.5, 0.6) is 0 Å². The Morgan fingerprint density at radius 2 is 2.06 bits per heavy atom. The molecule has 1 atom stereocenters. The van der Waals surface area contributed by atoms with Crippen LogP contribution < -0.4 is 0 Å². The van der Waals surface area contributed by atoms with E-state index < -0.39 is 6.10 Å². The zero-order chi connectivity index (χ0) is 12.4. The van der Waals surface area contributed by atoms with Crippen molar-refractivity contribution in [3.05, 3.63) is 56.6 Å². The molecule has 1 N–H and O–H groups in total. The monoisotopic (exact) mass is 362 g/mol. The molecule has 2 nitrogen and oxygen atoms in total. The third kappa shape index (κ3) is 3.18. The van der Waals surface area contributed by atoms with Crippen molar-refractivity contribution in [2.24, 2.45) is 0 Å². The molecule has 1 unspecified atom stereocenters. The number of hydrogen-bond donors (Lipinski definition) is 1. The van der Waals surface area contributed by atoms with Gasteiger partial charge >= 0.3 is 0 Å². The van der Waals surface area contributed by atoms with E-state index in [-0.39, 0.29) is 5.82 Å². The molecular formula is C12H9Br2FO2. The van der Waals surface area contributed by atoms with Crippen molar-refractivity contribution in [3.63, 3.8) is 0 Å². The summed E-state index contributed by atoms with van der Waals surface area (Å²) in [5, 5.41) is 9.96. The highest BCUT2D eigenvalue weighted by atomic mass is 79.9. The molecule has 0 amide bonds. The van der Waals surface area contributed by atoms with Gasteiger partial charge in [-0.25, -0.2) is 4.39 Å². The van der Waals surface area contributed by atoms with Gasteiger partial charge in [-0.3, -0.25) is 0 Å². The Morgan fingerprint density at radius 1 is 1.29 bits per heavy atom. The summed E-state index contributed by atoms with van der Waals surface area (Å²) in [6.07, 6.45) is 0.986. The van der Waals surface area contributed by atoms with Crippen LogP contribution in [0.1, 0.15) is 17.4 Å². The van der Waals surface area contributed by atoms with E-state index in [4.69, 9.17) is 4.42 Å². The lowest BCUT2D eigenvalue weighted by molar-refractivity contribution is 0.149. The minimum absolute atomic E-state index is 0.294. The highest BCUT2D eigenvalue weighted by Crippen LogP contribution is 2.27. The normalized spacial score (nSPS) is 12.7. The predicted octanol–water partition coefficient (Wildman–Crippen LogP) is 4.22. The van der Waals surface area contributed by atoms with Gasteiger partial charge in [0.25, 0.3) is 0 Å². The van der Waals surface area contributed by atoms with Crippen LogP contribution in [-0.2, 0) is 6.42 Å². The first kappa shape index (κ1) is 12.8. The van der Waals surface area contributed by atoms with Crippen LogP contribution in [0.25, 0.3) is 0 Å². The SMILES string of the molecule is OC(Cc1cc(F)cc(Br)c1)c1occc1Br. The van der Waals surface area contributed by atoms with Gasteiger partial charge in [0.15, 0.2) is 0 Å². The molecule has 0 radical (unpaired) electrons. The number of aliphatic hydroxyl groups excluding tert-OH is 1. The summed E-state index contributed by atoms with van der Waals surface area (Å²) in [5.74, 6) is 0.116. The third-order valence-corrected chi connectivity index (χ3v) is 3.41. The van der Waals surface area contributed by atoms with E-state index in [1.54, 1.807) is 12.1 Å². The average molecular weight is 364 g/mol. The molecule has 5 heteroatoms. The molecule has 0 bridgehead atoms. The molecule has 0 fully saturated rings. The average Bonchev–Trinajstić information content (AvgIpc) is 2.62.